The van der Waals surface area contributed by atoms with Gasteiger partial charge in [0.1, 0.15) is 0 Å². The second-order valence-corrected chi connectivity index (χ2v) is 4.47. The van der Waals surface area contributed by atoms with Gasteiger partial charge in [-0.2, -0.15) is 0 Å². The first-order valence-corrected chi connectivity index (χ1v) is 6.33. The van der Waals surface area contributed by atoms with Gasteiger partial charge in [0.2, 0.25) is 11.8 Å². The van der Waals surface area contributed by atoms with Gasteiger partial charge in [-0.25, -0.2) is 0 Å². The number of amides is 2. The molecule has 0 aromatic carbocycles. The molecule has 1 N–H and O–H groups in total. The first-order chi connectivity index (χ1) is 8.12. The quantitative estimate of drug-likeness (QED) is 0.751. The van der Waals surface area contributed by atoms with Crippen LogP contribution in [0.2, 0.25) is 0 Å². The summed E-state index contributed by atoms with van der Waals surface area (Å²) in [4.78, 5) is 24.8. The SMILES string of the molecule is C=CC(=O)NC1CCN(C(=O)CC)CC1CC. The largest absolute Gasteiger partial charge is 0.349 e. The Kier molecular flexibility index (Phi) is 5.19. The third-order valence-corrected chi connectivity index (χ3v) is 3.43. The van der Waals surface area contributed by atoms with Crippen LogP contribution in [0.15, 0.2) is 12.7 Å². The van der Waals surface area contributed by atoms with Crippen LogP contribution in [-0.4, -0.2) is 35.8 Å². The Morgan fingerprint density at radius 3 is 2.71 bits per heavy atom. The molecule has 17 heavy (non-hydrogen) atoms. The van der Waals surface area contributed by atoms with Gasteiger partial charge in [-0.1, -0.05) is 20.4 Å². The van der Waals surface area contributed by atoms with Gasteiger partial charge < -0.3 is 10.2 Å². The van der Waals surface area contributed by atoms with Crippen LogP contribution in [0.25, 0.3) is 0 Å². The van der Waals surface area contributed by atoms with Crippen molar-refractivity contribution >= 4 is 11.8 Å². The first-order valence-electron chi connectivity index (χ1n) is 6.33. The zero-order chi connectivity index (χ0) is 12.8. The molecule has 0 radical (unpaired) electrons. The maximum Gasteiger partial charge on any atom is 0.243 e. The molecule has 1 rings (SSSR count). The van der Waals surface area contributed by atoms with E-state index >= 15 is 0 Å². The lowest BCUT2D eigenvalue weighted by molar-refractivity contribution is -0.133. The summed E-state index contributed by atoms with van der Waals surface area (Å²) >= 11 is 0. The zero-order valence-corrected chi connectivity index (χ0v) is 10.7. The highest BCUT2D eigenvalue weighted by Crippen LogP contribution is 2.20. The summed E-state index contributed by atoms with van der Waals surface area (Å²) in [5.74, 6) is 0.434. The predicted molar refractivity (Wildman–Crippen MR) is 67.4 cm³/mol. The lowest BCUT2D eigenvalue weighted by atomic mass is 9.89. The molecule has 4 heteroatoms. The van der Waals surface area contributed by atoms with E-state index in [1.807, 2.05) is 11.8 Å². The zero-order valence-electron chi connectivity index (χ0n) is 10.7. The number of carbonyl (C=O) groups excluding carboxylic acids is 2. The third-order valence-electron chi connectivity index (χ3n) is 3.43. The van der Waals surface area contributed by atoms with Crippen LogP contribution in [0.1, 0.15) is 33.1 Å². The minimum Gasteiger partial charge on any atom is -0.349 e. The maximum atomic E-state index is 11.6. The number of rotatable bonds is 4. The van der Waals surface area contributed by atoms with E-state index in [2.05, 4.69) is 18.8 Å². The van der Waals surface area contributed by atoms with Gasteiger partial charge in [-0.3, -0.25) is 9.59 Å². The average Bonchev–Trinajstić information content (AvgIpc) is 2.37. The minimum absolute atomic E-state index is 0.122. The molecule has 0 aromatic rings. The lowest BCUT2D eigenvalue weighted by Gasteiger charge is -2.38. The normalized spacial score (nSPS) is 24.2. The number of likely N-dealkylation sites (tertiary alicyclic amines) is 1. The Morgan fingerprint density at radius 2 is 2.18 bits per heavy atom. The highest BCUT2D eigenvalue weighted by Gasteiger charge is 2.30. The average molecular weight is 238 g/mol. The molecule has 1 aliphatic rings. The van der Waals surface area contributed by atoms with E-state index in [0.29, 0.717) is 12.3 Å². The molecule has 1 fully saturated rings. The van der Waals surface area contributed by atoms with Crippen LogP contribution in [-0.2, 0) is 9.59 Å². The van der Waals surface area contributed by atoms with Gasteiger partial charge in [0.05, 0.1) is 0 Å². The standard InChI is InChI=1S/C13H22N2O2/c1-4-10-9-15(13(17)6-3)8-7-11(10)14-12(16)5-2/h5,10-11H,2,4,6-9H2,1,3H3,(H,14,16). The van der Waals surface area contributed by atoms with Crippen LogP contribution >= 0.6 is 0 Å². The Hall–Kier alpha value is -1.32. The fourth-order valence-electron chi connectivity index (χ4n) is 2.33. The van der Waals surface area contributed by atoms with Crippen molar-refractivity contribution in [1.29, 1.82) is 0 Å². The Morgan fingerprint density at radius 1 is 1.47 bits per heavy atom. The van der Waals surface area contributed by atoms with E-state index in [0.717, 1.165) is 25.9 Å². The van der Waals surface area contributed by atoms with Crippen LogP contribution in [0.5, 0.6) is 0 Å². The van der Waals surface area contributed by atoms with Crippen molar-refractivity contribution in [2.24, 2.45) is 5.92 Å². The summed E-state index contributed by atoms with van der Waals surface area (Å²) in [6.45, 7) is 8.93. The van der Waals surface area contributed by atoms with E-state index in [1.165, 1.54) is 6.08 Å². The van der Waals surface area contributed by atoms with Crippen molar-refractivity contribution in [3.63, 3.8) is 0 Å². The van der Waals surface area contributed by atoms with Crippen LogP contribution in [0.4, 0.5) is 0 Å². The van der Waals surface area contributed by atoms with Gasteiger partial charge >= 0.3 is 0 Å². The summed E-state index contributed by atoms with van der Waals surface area (Å²) in [7, 11) is 0. The minimum atomic E-state index is -0.122. The second-order valence-electron chi connectivity index (χ2n) is 4.47. The molecule has 4 nitrogen and oxygen atoms in total. The summed E-state index contributed by atoms with van der Waals surface area (Å²) in [5.41, 5.74) is 0. The molecule has 0 saturated carbocycles. The summed E-state index contributed by atoms with van der Waals surface area (Å²) in [6, 6.07) is 0.173. The highest BCUT2D eigenvalue weighted by atomic mass is 16.2. The monoisotopic (exact) mass is 238 g/mol. The van der Waals surface area contributed by atoms with Crippen LogP contribution in [0.3, 0.4) is 0 Å². The Labute approximate surface area is 103 Å². The van der Waals surface area contributed by atoms with E-state index in [4.69, 9.17) is 0 Å². The molecule has 96 valence electrons. The molecule has 2 unspecified atom stereocenters. The molecular weight excluding hydrogens is 216 g/mol. The van der Waals surface area contributed by atoms with Crippen LogP contribution < -0.4 is 5.32 Å². The molecule has 2 atom stereocenters. The fourth-order valence-corrected chi connectivity index (χ4v) is 2.33. The molecule has 1 saturated heterocycles. The number of piperidine rings is 1. The van der Waals surface area contributed by atoms with Crippen LogP contribution in [0, 0.1) is 5.92 Å². The van der Waals surface area contributed by atoms with E-state index in [9.17, 15) is 9.59 Å². The van der Waals surface area contributed by atoms with Crippen molar-refractivity contribution < 1.29 is 9.59 Å². The van der Waals surface area contributed by atoms with Gasteiger partial charge in [-0.05, 0) is 24.8 Å². The Bertz CT molecular complexity index is 302. The summed E-state index contributed by atoms with van der Waals surface area (Å²) in [6.07, 6.45) is 3.66. The smallest absolute Gasteiger partial charge is 0.243 e. The molecule has 0 aromatic heterocycles. The number of nitrogens with one attached hydrogen (secondary N) is 1. The number of hydrogen-bond acceptors (Lipinski definition) is 2. The van der Waals surface area contributed by atoms with Crippen molar-refractivity contribution in [1.82, 2.24) is 10.2 Å². The predicted octanol–water partition coefficient (Wildman–Crippen LogP) is 1.33. The second kappa shape index (κ2) is 6.42. The van der Waals surface area contributed by atoms with Gasteiger partial charge in [0, 0.05) is 25.6 Å². The van der Waals surface area contributed by atoms with E-state index in [-0.39, 0.29) is 17.9 Å². The Balaban J connectivity index is 2.58. The maximum absolute atomic E-state index is 11.6. The van der Waals surface area contributed by atoms with Gasteiger partial charge in [0.25, 0.3) is 0 Å². The van der Waals surface area contributed by atoms with E-state index < -0.39 is 0 Å². The number of hydrogen-bond donors (Lipinski definition) is 1. The molecule has 0 aliphatic carbocycles. The lowest BCUT2D eigenvalue weighted by Crippen LogP contribution is -2.51. The van der Waals surface area contributed by atoms with E-state index in [1.54, 1.807) is 0 Å². The highest BCUT2D eigenvalue weighted by molar-refractivity contribution is 5.87. The molecule has 1 aliphatic heterocycles. The summed E-state index contributed by atoms with van der Waals surface area (Å²) < 4.78 is 0. The van der Waals surface area contributed by atoms with Crippen molar-refractivity contribution in [3.8, 4) is 0 Å². The van der Waals surface area contributed by atoms with Crippen molar-refractivity contribution in [2.75, 3.05) is 13.1 Å². The third kappa shape index (κ3) is 3.58. The van der Waals surface area contributed by atoms with Crippen molar-refractivity contribution in [2.45, 2.75) is 39.2 Å². The molecule has 2 amide bonds. The molecule has 1 heterocycles. The topological polar surface area (TPSA) is 49.4 Å². The number of nitrogens with zero attached hydrogens (tertiary/aromatic N) is 1. The van der Waals surface area contributed by atoms with Crippen molar-refractivity contribution in [3.05, 3.63) is 12.7 Å². The van der Waals surface area contributed by atoms with Gasteiger partial charge in [-0.15, -0.1) is 0 Å². The summed E-state index contributed by atoms with van der Waals surface area (Å²) in [5, 5.41) is 2.95. The molecule has 0 spiro atoms. The van der Waals surface area contributed by atoms with Gasteiger partial charge in [0.15, 0.2) is 0 Å². The molecule has 0 bridgehead atoms. The fraction of sp³-hybridized carbons (Fsp3) is 0.692. The first kappa shape index (κ1) is 13.7. The molecular formula is C13H22N2O2. The number of carbonyl (C=O) groups is 2.